The SMILES string of the molecule is CC1(C)c2ccc(Cl)cc2N(c2ccccc2)c2ccc(-c3ccccc3)cc21. The molecule has 0 amide bonds. The highest BCUT2D eigenvalue weighted by Crippen LogP contribution is 2.53. The van der Waals surface area contributed by atoms with Crippen LogP contribution in [0.1, 0.15) is 25.0 Å². The van der Waals surface area contributed by atoms with E-state index in [2.05, 4.69) is 110 Å². The Kier molecular flexibility index (Phi) is 4.22. The largest absolute Gasteiger partial charge is 0.310 e. The highest BCUT2D eigenvalue weighted by Gasteiger charge is 2.37. The smallest absolute Gasteiger partial charge is 0.0517 e. The Morgan fingerprint density at radius 2 is 1.31 bits per heavy atom. The van der Waals surface area contributed by atoms with E-state index in [1.165, 1.54) is 27.9 Å². The van der Waals surface area contributed by atoms with Crippen LogP contribution in [0.5, 0.6) is 0 Å². The number of hydrogen-bond acceptors (Lipinski definition) is 1. The van der Waals surface area contributed by atoms with Gasteiger partial charge < -0.3 is 4.90 Å². The van der Waals surface area contributed by atoms with Crippen LogP contribution in [0.15, 0.2) is 97.1 Å². The molecule has 0 aromatic heterocycles. The molecule has 1 heterocycles. The van der Waals surface area contributed by atoms with Crippen LogP contribution in [0.25, 0.3) is 11.1 Å². The van der Waals surface area contributed by atoms with Crippen molar-refractivity contribution in [3.63, 3.8) is 0 Å². The number of nitrogens with zero attached hydrogens (tertiary/aromatic N) is 1. The lowest BCUT2D eigenvalue weighted by atomic mass is 9.73. The molecule has 0 bridgehead atoms. The summed E-state index contributed by atoms with van der Waals surface area (Å²) < 4.78 is 0. The lowest BCUT2D eigenvalue weighted by Crippen LogP contribution is -2.30. The third-order valence-electron chi connectivity index (χ3n) is 5.91. The summed E-state index contributed by atoms with van der Waals surface area (Å²) in [4.78, 5) is 2.33. The molecule has 0 fully saturated rings. The van der Waals surface area contributed by atoms with Gasteiger partial charge in [0, 0.05) is 16.1 Å². The highest BCUT2D eigenvalue weighted by molar-refractivity contribution is 6.31. The van der Waals surface area contributed by atoms with Gasteiger partial charge in [0.1, 0.15) is 0 Å². The summed E-state index contributed by atoms with van der Waals surface area (Å²) in [6.45, 7) is 4.60. The molecule has 0 N–H and O–H groups in total. The van der Waals surface area contributed by atoms with Gasteiger partial charge in [0.25, 0.3) is 0 Å². The van der Waals surface area contributed by atoms with Gasteiger partial charge in [-0.05, 0) is 58.7 Å². The molecule has 0 radical (unpaired) electrons. The van der Waals surface area contributed by atoms with E-state index in [0.717, 1.165) is 16.4 Å². The molecule has 0 aliphatic carbocycles. The number of benzene rings is 4. The number of halogens is 1. The first-order chi connectivity index (χ1) is 14.1. The second-order valence-corrected chi connectivity index (χ2v) is 8.49. The predicted octanol–water partition coefficient (Wildman–Crippen LogP) is 8.12. The normalized spacial score (nSPS) is 14.2. The molecule has 0 atom stereocenters. The van der Waals surface area contributed by atoms with Gasteiger partial charge in [-0.15, -0.1) is 0 Å². The Bertz CT molecular complexity index is 1180. The molecule has 0 unspecified atom stereocenters. The Labute approximate surface area is 177 Å². The summed E-state index contributed by atoms with van der Waals surface area (Å²) in [7, 11) is 0. The Morgan fingerprint density at radius 3 is 2.03 bits per heavy atom. The van der Waals surface area contributed by atoms with Crippen molar-refractivity contribution in [2.75, 3.05) is 4.90 Å². The first-order valence-corrected chi connectivity index (χ1v) is 10.3. The van der Waals surface area contributed by atoms with E-state index < -0.39 is 0 Å². The van der Waals surface area contributed by atoms with Crippen molar-refractivity contribution in [3.8, 4) is 11.1 Å². The Morgan fingerprint density at radius 1 is 0.621 bits per heavy atom. The van der Waals surface area contributed by atoms with Gasteiger partial charge in [0.15, 0.2) is 0 Å². The van der Waals surface area contributed by atoms with Crippen molar-refractivity contribution in [1.29, 1.82) is 0 Å². The van der Waals surface area contributed by atoms with Gasteiger partial charge in [-0.1, -0.05) is 86.1 Å². The van der Waals surface area contributed by atoms with Crippen molar-refractivity contribution < 1.29 is 0 Å². The molecule has 1 aliphatic rings. The molecule has 2 heteroatoms. The molecule has 4 aromatic carbocycles. The van der Waals surface area contributed by atoms with Gasteiger partial charge in [-0.25, -0.2) is 0 Å². The predicted molar refractivity (Wildman–Crippen MR) is 124 cm³/mol. The fourth-order valence-electron chi connectivity index (χ4n) is 4.39. The van der Waals surface area contributed by atoms with E-state index in [4.69, 9.17) is 11.6 Å². The van der Waals surface area contributed by atoms with Crippen LogP contribution in [-0.2, 0) is 5.41 Å². The summed E-state index contributed by atoms with van der Waals surface area (Å²) in [6.07, 6.45) is 0. The Hall–Kier alpha value is -3.03. The molecule has 5 rings (SSSR count). The first kappa shape index (κ1) is 18.0. The zero-order valence-electron chi connectivity index (χ0n) is 16.6. The Balaban J connectivity index is 1.78. The van der Waals surface area contributed by atoms with E-state index in [-0.39, 0.29) is 5.41 Å². The summed E-state index contributed by atoms with van der Waals surface area (Å²) >= 11 is 6.43. The minimum absolute atomic E-state index is 0.134. The molecule has 4 aromatic rings. The summed E-state index contributed by atoms with van der Waals surface area (Å²) in [5.41, 5.74) is 8.43. The minimum Gasteiger partial charge on any atom is -0.310 e. The standard InChI is InChI=1S/C27H22ClN/c1-27(2)23-15-14-21(28)18-26(23)29(22-11-7-4-8-12-22)25-16-13-20(17-24(25)27)19-9-5-3-6-10-19/h3-18H,1-2H3. The van der Waals surface area contributed by atoms with Crippen molar-refractivity contribution in [3.05, 3.63) is 113 Å². The minimum atomic E-state index is -0.134. The quantitative estimate of drug-likeness (QED) is 0.331. The average molecular weight is 396 g/mol. The van der Waals surface area contributed by atoms with E-state index in [1.807, 2.05) is 6.07 Å². The highest BCUT2D eigenvalue weighted by atomic mass is 35.5. The fourth-order valence-corrected chi connectivity index (χ4v) is 4.56. The van der Waals surface area contributed by atoms with Gasteiger partial charge in [0.2, 0.25) is 0 Å². The molecule has 1 aliphatic heterocycles. The summed E-state index contributed by atoms with van der Waals surface area (Å²) in [6, 6.07) is 34.2. The average Bonchev–Trinajstić information content (AvgIpc) is 2.75. The monoisotopic (exact) mass is 395 g/mol. The first-order valence-electron chi connectivity index (χ1n) is 9.91. The molecule has 142 valence electrons. The molecule has 0 spiro atoms. The van der Waals surface area contributed by atoms with E-state index in [9.17, 15) is 0 Å². The third-order valence-corrected chi connectivity index (χ3v) is 6.14. The van der Waals surface area contributed by atoms with Crippen LogP contribution in [0.3, 0.4) is 0 Å². The third kappa shape index (κ3) is 2.94. The zero-order chi connectivity index (χ0) is 20.0. The number of fused-ring (bicyclic) bond motifs is 2. The van der Waals surface area contributed by atoms with Crippen LogP contribution in [0.2, 0.25) is 5.02 Å². The molecule has 29 heavy (non-hydrogen) atoms. The van der Waals surface area contributed by atoms with Gasteiger partial charge in [-0.3, -0.25) is 0 Å². The maximum atomic E-state index is 6.43. The van der Waals surface area contributed by atoms with Crippen LogP contribution in [0, 0.1) is 0 Å². The molecule has 0 saturated carbocycles. The van der Waals surface area contributed by atoms with Crippen molar-refractivity contribution in [1.82, 2.24) is 0 Å². The maximum Gasteiger partial charge on any atom is 0.0517 e. The van der Waals surface area contributed by atoms with Crippen LogP contribution in [0.4, 0.5) is 17.1 Å². The topological polar surface area (TPSA) is 3.24 Å². The van der Waals surface area contributed by atoms with Gasteiger partial charge >= 0.3 is 0 Å². The van der Waals surface area contributed by atoms with Crippen LogP contribution >= 0.6 is 11.6 Å². The van der Waals surface area contributed by atoms with Crippen LogP contribution in [-0.4, -0.2) is 0 Å². The van der Waals surface area contributed by atoms with Crippen LogP contribution < -0.4 is 4.90 Å². The van der Waals surface area contributed by atoms with Crippen molar-refractivity contribution in [2.24, 2.45) is 0 Å². The van der Waals surface area contributed by atoms with E-state index in [1.54, 1.807) is 0 Å². The number of hydrogen-bond donors (Lipinski definition) is 0. The van der Waals surface area contributed by atoms with Crippen molar-refractivity contribution >= 4 is 28.7 Å². The fraction of sp³-hybridized carbons (Fsp3) is 0.111. The van der Waals surface area contributed by atoms with E-state index in [0.29, 0.717) is 0 Å². The lowest BCUT2D eigenvalue weighted by Gasteiger charge is -2.42. The summed E-state index contributed by atoms with van der Waals surface area (Å²) in [5.74, 6) is 0. The zero-order valence-corrected chi connectivity index (χ0v) is 17.3. The lowest BCUT2D eigenvalue weighted by molar-refractivity contribution is 0.632. The second-order valence-electron chi connectivity index (χ2n) is 8.06. The van der Waals surface area contributed by atoms with E-state index >= 15 is 0 Å². The van der Waals surface area contributed by atoms with Crippen molar-refractivity contribution in [2.45, 2.75) is 19.3 Å². The second kappa shape index (κ2) is 6.79. The summed E-state index contributed by atoms with van der Waals surface area (Å²) in [5, 5.41) is 0.754. The molecular weight excluding hydrogens is 374 g/mol. The van der Waals surface area contributed by atoms with Gasteiger partial charge in [0.05, 0.1) is 11.4 Å². The number of para-hydroxylation sites is 1. The maximum absolute atomic E-state index is 6.43. The molecular formula is C27H22ClN. The molecule has 1 nitrogen and oxygen atoms in total. The number of rotatable bonds is 2. The molecule has 0 saturated heterocycles. The number of anilines is 3. The van der Waals surface area contributed by atoms with Gasteiger partial charge in [-0.2, -0.15) is 0 Å².